The van der Waals surface area contributed by atoms with E-state index in [2.05, 4.69) is 10.3 Å². The summed E-state index contributed by atoms with van der Waals surface area (Å²) in [7, 11) is 4.98. The van der Waals surface area contributed by atoms with Gasteiger partial charge in [-0.3, -0.25) is 9.59 Å². The first-order chi connectivity index (χ1) is 12.0. The summed E-state index contributed by atoms with van der Waals surface area (Å²) in [6.45, 7) is 0.598. The summed E-state index contributed by atoms with van der Waals surface area (Å²) in [4.78, 5) is 30.9. The number of aromatic nitrogens is 2. The second-order valence-corrected chi connectivity index (χ2v) is 6.21. The highest BCUT2D eigenvalue weighted by Crippen LogP contribution is 2.25. The molecule has 0 spiro atoms. The smallest absolute Gasteiger partial charge is 0.273 e. The number of rotatable bonds is 2. The lowest BCUT2D eigenvalue weighted by molar-refractivity contribution is 0.0821. The van der Waals surface area contributed by atoms with E-state index in [9.17, 15) is 9.59 Å². The molecule has 25 heavy (non-hydrogen) atoms. The van der Waals surface area contributed by atoms with Crippen molar-refractivity contribution in [1.29, 1.82) is 0 Å². The van der Waals surface area contributed by atoms with Gasteiger partial charge in [0.15, 0.2) is 0 Å². The molecule has 0 fully saturated rings. The minimum atomic E-state index is -0.157. The first kappa shape index (κ1) is 17.0. The monoisotopic (exact) mass is 342 g/mol. The van der Waals surface area contributed by atoms with Crippen molar-refractivity contribution < 1.29 is 14.3 Å². The number of benzene rings is 1. The molecule has 1 aliphatic rings. The van der Waals surface area contributed by atoms with Crippen LogP contribution >= 0.6 is 0 Å². The summed E-state index contributed by atoms with van der Waals surface area (Å²) in [5.74, 6) is 0.318. The van der Waals surface area contributed by atoms with Crippen molar-refractivity contribution >= 4 is 11.8 Å². The zero-order valence-corrected chi connectivity index (χ0v) is 14.7. The fourth-order valence-corrected chi connectivity index (χ4v) is 2.96. The summed E-state index contributed by atoms with van der Waals surface area (Å²) in [5, 5.41) is 2.93. The Kier molecular flexibility index (Phi) is 4.74. The summed E-state index contributed by atoms with van der Waals surface area (Å²) < 4.78 is 7.10. The average Bonchev–Trinajstić information content (AvgIpc) is 3.03. The number of nitrogens with zero attached hydrogens (tertiary/aromatic N) is 3. The largest absolute Gasteiger partial charge is 0.497 e. The van der Waals surface area contributed by atoms with Crippen LogP contribution in [0, 0.1) is 0 Å². The van der Waals surface area contributed by atoms with Gasteiger partial charge >= 0.3 is 0 Å². The van der Waals surface area contributed by atoms with Gasteiger partial charge in [0.05, 0.1) is 24.1 Å². The molecule has 7 nitrogen and oxygen atoms in total. The molecule has 0 saturated heterocycles. The number of methoxy groups -OCH3 is 1. The first-order valence-electron chi connectivity index (χ1n) is 8.27. The van der Waals surface area contributed by atoms with Crippen LogP contribution < -0.4 is 10.1 Å². The van der Waals surface area contributed by atoms with Gasteiger partial charge in [-0.25, -0.2) is 4.98 Å². The molecule has 1 aromatic carbocycles. The second-order valence-electron chi connectivity index (χ2n) is 6.21. The number of nitrogens with one attached hydrogen (secondary N) is 1. The van der Waals surface area contributed by atoms with Gasteiger partial charge in [0.2, 0.25) is 0 Å². The average molecular weight is 342 g/mol. The molecule has 0 unspecified atom stereocenters. The van der Waals surface area contributed by atoms with E-state index >= 15 is 0 Å². The van der Waals surface area contributed by atoms with Crippen LogP contribution in [0.4, 0.5) is 0 Å². The SMILES string of the molecule is COc1ccc2c(c1)C(=O)NCCCCc1c(C(=O)N(C)C)ncn1-2. The van der Waals surface area contributed by atoms with Crippen molar-refractivity contribution in [1.82, 2.24) is 19.8 Å². The predicted octanol–water partition coefficient (Wildman–Crippen LogP) is 1.65. The highest BCUT2D eigenvalue weighted by Gasteiger charge is 2.23. The molecule has 2 heterocycles. The topological polar surface area (TPSA) is 76.5 Å². The number of ether oxygens (including phenoxy) is 1. The molecule has 7 heteroatoms. The van der Waals surface area contributed by atoms with E-state index < -0.39 is 0 Å². The third kappa shape index (κ3) is 3.22. The third-order valence-electron chi connectivity index (χ3n) is 4.31. The number of amides is 2. The molecular weight excluding hydrogens is 320 g/mol. The zero-order chi connectivity index (χ0) is 18.0. The van der Waals surface area contributed by atoms with E-state index in [0.717, 1.165) is 25.0 Å². The molecule has 2 aromatic rings. The van der Waals surface area contributed by atoms with Crippen molar-refractivity contribution in [3.05, 3.63) is 41.5 Å². The lowest BCUT2D eigenvalue weighted by Gasteiger charge is -2.18. The van der Waals surface area contributed by atoms with Gasteiger partial charge < -0.3 is 19.5 Å². The second kappa shape index (κ2) is 6.96. The van der Waals surface area contributed by atoms with Gasteiger partial charge in [0, 0.05) is 20.6 Å². The predicted molar refractivity (Wildman–Crippen MR) is 93.4 cm³/mol. The maximum atomic E-state index is 12.6. The van der Waals surface area contributed by atoms with Crippen LogP contribution in [0.5, 0.6) is 5.75 Å². The Morgan fingerprint density at radius 3 is 2.84 bits per heavy atom. The molecule has 0 bridgehead atoms. The molecular formula is C18H22N4O3. The van der Waals surface area contributed by atoms with Crippen LogP contribution in [0.3, 0.4) is 0 Å². The Labute approximate surface area is 146 Å². The minimum Gasteiger partial charge on any atom is -0.497 e. The van der Waals surface area contributed by atoms with Crippen LogP contribution in [-0.2, 0) is 6.42 Å². The Morgan fingerprint density at radius 2 is 2.12 bits per heavy atom. The molecule has 1 aliphatic heterocycles. The van der Waals surface area contributed by atoms with Gasteiger partial charge in [0.25, 0.3) is 11.8 Å². The molecule has 1 N–H and O–H groups in total. The molecule has 0 atom stereocenters. The molecule has 2 amide bonds. The van der Waals surface area contributed by atoms with E-state index in [-0.39, 0.29) is 11.8 Å². The van der Waals surface area contributed by atoms with E-state index in [1.807, 2.05) is 10.6 Å². The normalized spacial score (nSPS) is 14.1. The van der Waals surface area contributed by atoms with Crippen molar-refractivity contribution in [2.75, 3.05) is 27.7 Å². The fraction of sp³-hybridized carbons (Fsp3) is 0.389. The number of hydrogen-bond acceptors (Lipinski definition) is 4. The Hall–Kier alpha value is -2.83. The van der Waals surface area contributed by atoms with Crippen LogP contribution in [0.25, 0.3) is 5.69 Å². The number of carbonyl (C=O) groups is 2. The Bertz CT molecular complexity index is 811. The number of fused-ring (bicyclic) bond motifs is 3. The summed E-state index contributed by atoms with van der Waals surface area (Å²) >= 11 is 0. The van der Waals surface area contributed by atoms with Gasteiger partial charge in [-0.15, -0.1) is 0 Å². The highest BCUT2D eigenvalue weighted by atomic mass is 16.5. The maximum Gasteiger partial charge on any atom is 0.273 e. The van der Waals surface area contributed by atoms with Crippen LogP contribution in [-0.4, -0.2) is 54.0 Å². The highest BCUT2D eigenvalue weighted by molar-refractivity contribution is 5.98. The van der Waals surface area contributed by atoms with Gasteiger partial charge in [0.1, 0.15) is 17.8 Å². The summed E-state index contributed by atoms with van der Waals surface area (Å²) in [6, 6.07) is 5.34. The minimum absolute atomic E-state index is 0.134. The molecule has 0 radical (unpaired) electrons. The lowest BCUT2D eigenvalue weighted by Crippen LogP contribution is -2.27. The van der Waals surface area contributed by atoms with Gasteiger partial charge in [-0.05, 0) is 37.5 Å². The quantitative estimate of drug-likeness (QED) is 0.900. The third-order valence-corrected chi connectivity index (χ3v) is 4.31. The van der Waals surface area contributed by atoms with Crippen molar-refractivity contribution in [3.63, 3.8) is 0 Å². The van der Waals surface area contributed by atoms with Crippen molar-refractivity contribution in [2.45, 2.75) is 19.3 Å². The molecule has 3 rings (SSSR count). The Balaban J connectivity index is 2.19. The first-order valence-corrected chi connectivity index (χ1v) is 8.27. The van der Waals surface area contributed by atoms with Crippen LogP contribution in [0.2, 0.25) is 0 Å². The number of carbonyl (C=O) groups excluding carboxylic acids is 2. The molecule has 0 aliphatic carbocycles. The molecule has 132 valence electrons. The van der Waals surface area contributed by atoms with Crippen LogP contribution in [0.15, 0.2) is 24.5 Å². The fourth-order valence-electron chi connectivity index (χ4n) is 2.96. The van der Waals surface area contributed by atoms with Crippen molar-refractivity contribution in [3.8, 4) is 11.4 Å². The molecule has 0 saturated carbocycles. The standard InChI is InChI=1S/C18H22N4O3/c1-21(2)18(24)16-15-6-4-5-9-19-17(23)13-10-12(25-3)7-8-14(13)22(15)11-20-16/h7-8,10-11H,4-6,9H2,1-3H3,(H,19,23). The van der Waals surface area contributed by atoms with Crippen molar-refractivity contribution in [2.24, 2.45) is 0 Å². The Morgan fingerprint density at radius 1 is 1.32 bits per heavy atom. The summed E-state index contributed by atoms with van der Waals surface area (Å²) in [6.07, 6.45) is 4.04. The number of hydrogen-bond donors (Lipinski definition) is 1. The summed E-state index contributed by atoms with van der Waals surface area (Å²) in [5.41, 5.74) is 2.47. The van der Waals surface area contributed by atoms with E-state index in [1.54, 1.807) is 39.7 Å². The van der Waals surface area contributed by atoms with Gasteiger partial charge in [-0.2, -0.15) is 0 Å². The van der Waals surface area contributed by atoms with E-state index in [0.29, 0.717) is 29.2 Å². The number of imidazole rings is 1. The van der Waals surface area contributed by atoms with E-state index in [1.165, 1.54) is 4.90 Å². The van der Waals surface area contributed by atoms with Gasteiger partial charge in [-0.1, -0.05) is 0 Å². The zero-order valence-electron chi connectivity index (χ0n) is 14.7. The van der Waals surface area contributed by atoms with Crippen LogP contribution in [0.1, 0.15) is 39.4 Å². The maximum absolute atomic E-state index is 12.6. The van der Waals surface area contributed by atoms with E-state index in [4.69, 9.17) is 4.74 Å². The molecule has 1 aromatic heterocycles. The lowest BCUT2D eigenvalue weighted by atomic mass is 10.1.